The van der Waals surface area contributed by atoms with E-state index >= 15 is 0 Å². The maximum atomic E-state index is 3.90. The molecule has 1 saturated heterocycles. The van der Waals surface area contributed by atoms with Crippen molar-refractivity contribution in [3.05, 3.63) is 22.4 Å². The average Bonchev–Trinajstić information content (AvgIpc) is 3.15. The Morgan fingerprint density at radius 3 is 2.52 bits per heavy atom. The van der Waals surface area contributed by atoms with E-state index in [0.29, 0.717) is 6.04 Å². The normalized spacial score (nSPS) is 23.2. The summed E-state index contributed by atoms with van der Waals surface area (Å²) in [5.74, 6) is 0.868. The molecule has 1 N–H and O–H groups in total. The number of hydrogen-bond acceptors (Lipinski definition) is 3. The standard InChI is InChI=1S/C18H30N2S/c1-2-6-13-20(12-5-1)14-11-19-18(16-8-3-4-9-16)17-10-7-15-21-17/h7,10,15-16,18-19H,1-6,8-9,11-14H2. The highest BCUT2D eigenvalue weighted by Gasteiger charge is 2.26. The molecule has 0 radical (unpaired) electrons. The van der Waals surface area contributed by atoms with E-state index in [1.165, 1.54) is 71.0 Å². The monoisotopic (exact) mass is 306 g/mol. The van der Waals surface area contributed by atoms with Gasteiger partial charge in [0.05, 0.1) is 0 Å². The Morgan fingerprint density at radius 2 is 1.86 bits per heavy atom. The molecule has 2 nitrogen and oxygen atoms in total. The van der Waals surface area contributed by atoms with Crippen LogP contribution in [0.25, 0.3) is 0 Å². The van der Waals surface area contributed by atoms with Gasteiger partial charge in [0.15, 0.2) is 0 Å². The van der Waals surface area contributed by atoms with Gasteiger partial charge in [-0.25, -0.2) is 0 Å². The van der Waals surface area contributed by atoms with Crippen molar-refractivity contribution in [2.75, 3.05) is 26.2 Å². The molecule has 0 aromatic carbocycles. The smallest absolute Gasteiger partial charge is 0.0443 e. The van der Waals surface area contributed by atoms with Gasteiger partial charge in [-0.05, 0) is 56.1 Å². The first-order chi connectivity index (χ1) is 10.4. The van der Waals surface area contributed by atoms with E-state index in [9.17, 15) is 0 Å². The van der Waals surface area contributed by atoms with Crippen LogP contribution in [0.15, 0.2) is 17.5 Å². The zero-order chi connectivity index (χ0) is 14.3. The van der Waals surface area contributed by atoms with E-state index < -0.39 is 0 Å². The van der Waals surface area contributed by atoms with Crippen LogP contribution in [-0.4, -0.2) is 31.1 Å². The molecular formula is C18H30N2S. The van der Waals surface area contributed by atoms with E-state index in [1.807, 2.05) is 11.3 Å². The van der Waals surface area contributed by atoms with Crippen LogP contribution < -0.4 is 5.32 Å². The van der Waals surface area contributed by atoms with Gasteiger partial charge in [-0.3, -0.25) is 0 Å². The van der Waals surface area contributed by atoms with E-state index in [1.54, 1.807) is 4.88 Å². The van der Waals surface area contributed by atoms with Gasteiger partial charge >= 0.3 is 0 Å². The molecule has 0 bridgehead atoms. The lowest BCUT2D eigenvalue weighted by molar-refractivity contribution is 0.269. The van der Waals surface area contributed by atoms with Gasteiger partial charge in [-0.1, -0.05) is 31.7 Å². The van der Waals surface area contributed by atoms with Crippen molar-refractivity contribution < 1.29 is 0 Å². The highest BCUT2D eigenvalue weighted by molar-refractivity contribution is 7.10. The third-order valence-electron chi connectivity index (χ3n) is 5.21. The van der Waals surface area contributed by atoms with Gasteiger partial charge < -0.3 is 10.2 Å². The van der Waals surface area contributed by atoms with Gasteiger partial charge in [-0.2, -0.15) is 0 Å². The molecule has 1 atom stereocenters. The summed E-state index contributed by atoms with van der Waals surface area (Å²) in [7, 11) is 0. The Kier molecular flexibility index (Phi) is 6.13. The molecule has 2 aliphatic rings. The van der Waals surface area contributed by atoms with Crippen LogP contribution >= 0.6 is 11.3 Å². The molecule has 3 rings (SSSR count). The van der Waals surface area contributed by atoms with Crippen molar-refractivity contribution in [2.45, 2.75) is 57.4 Å². The number of thiophene rings is 1. The number of rotatable bonds is 6. The summed E-state index contributed by atoms with van der Waals surface area (Å²) in [4.78, 5) is 4.22. The second-order valence-corrected chi connectivity index (χ2v) is 7.73. The quantitative estimate of drug-likeness (QED) is 0.835. The second-order valence-electron chi connectivity index (χ2n) is 6.75. The molecule has 2 heterocycles. The lowest BCUT2D eigenvalue weighted by Gasteiger charge is -2.26. The van der Waals surface area contributed by atoms with E-state index in [2.05, 4.69) is 27.7 Å². The summed E-state index contributed by atoms with van der Waals surface area (Å²) < 4.78 is 0. The molecule has 0 spiro atoms. The van der Waals surface area contributed by atoms with Crippen LogP contribution in [0.2, 0.25) is 0 Å². The van der Waals surface area contributed by atoms with Crippen molar-refractivity contribution in [1.29, 1.82) is 0 Å². The molecular weight excluding hydrogens is 276 g/mol. The Labute approximate surface area is 133 Å². The minimum Gasteiger partial charge on any atom is -0.308 e. The van der Waals surface area contributed by atoms with Gasteiger partial charge in [0.1, 0.15) is 0 Å². The molecule has 1 aliphatic heterocycles. The molecule has 1 aromatic heterocycles. The van der Waals surface area contributed by atoms with Gasteiger partial charge in [-0.15, -0.1) is 11.3 Å². The predicted octanol–water partition coefficient (Wildman–Crippen LogP) is 4.45. The fraction of sp³-hybridized carbons (Fsp3) is 0.778. The molecule has 2 fully saturated rings. The van der Waals surface area contributed by atoms with Gasteiger partial charge in [0.25, 0.3) is 0 Å². The van der Waals surface area contributed by atoms with Crippen molar-refractivity contribution in [2.24, 2.45) is 5.92 Å². The van der Waals surface area contributed by atoms with E-state index in [4.69, 9.17) is 0 Å². The molecule has 0 amide bonds. The predicted molar refractivity (Wildman–Crippen MR) is 91.9 cm³/mol. The lowest BCUT2D eigenvalue weighted by atomic mass is 9.97. The Hall–Kier alpha value is -0.380. The highest BCUT2D eigenvalue weighted by atomic mass is 32.1. The maximum absolute atomic E-state index is 3.90. The molecule has 1 saturated carbocycles. The molecule has 21 heavy (non-hydrogen) atoms. The zero-order valence-corrected chi connectivity index (χ0v) is 14.0. The highest BCUT2D eigenvalue weighted by Crippen LogP contribution is 2.37. The molecule has 1 unspecified atom stereocenters. The first kappa shape index (κ1) is 15.5. The number of likely N-dealkylation sites (tertiary alicyclic amines) is 1. The molecule has 1 aromatic rings. The zero-order valence-electron chi connectivity index (χ0n) is 13.2. The van der Waals surface area contributed by atoms with Crippen LogP contribution in [-0.2, 0) is 0 Å². The molecule has 1 aliphatic carbocycles. The first-order valence-electron chi connectivity index (χ1n) is 8.92. The largest absolute Gasteiger partial charge is 0.308 e. The van der Waals surface area contributed by atoms with E-state index in [0.717, 1.165) is 12.5 Å². The third kappa shape index (κ3) is 4.54. The number of nitrogens with one attached hydrogen (secondary N) is 1. The summed E-state index contributed by atoms with van der Waals surface area (Å²) in [5, 5.41) is 6.13. The van der Waals surface area contributed by atoms with Gasteiger partial charge in [0, 0.05) is 24.0 Å². The number of hydrogen-bond donors (Lipinski definition) is 1. The fourth-order valence-electron chi connectivity index (χ4n) is 4.00. The number of nitrogens with zero attached hydrogens (tertiary/aromatic N) is 1. The topological polar surface area (TPSA) is 15.3 Å². The van der Waals surface area contributed by atoms with Crippen molar-refractivity contribution in [3.63, 3.8) is 0 Å². The first-order valence-corrected chi connectivity index (χ1v) is 9.80. The van der Waals surface area contributed by atoms with Crippen molar-refractivity contribution in [3.8, 4) is 0 Å². The summed E-state index contributed by atoms with van der Waals surface area (Å²) in [5.41, 5.74) is 0. The lowest BCUT2D eigenvalue weighted by Crippen LogP contribution is -2.36. The Morgan fingerprint density at radius 1 is 1.10 bits per heavy atom. The van der Waals surface area contributed by atoms with Crippen molar-refractivity contribution >= 4 is 11.3 Å². The third-order valence-corrected chi connectivity index (χ3v) is 6.17. The van der Waals surface area contributed by atoms with E-state index in [-0.39, 0.29) is 0 Å². The summed E-state index contributed by atoms with van der Waals surface area (Å²) in [6.45, 7) is 5.01. The minimum atomic E-state index is 0.611. The van der Waals surface area contributed by atoms with Crippen LogP contribution in [0, 0.1) is 5.92 Å². The summed E-state index contributed by atoms with van der Waals surface area (Å²) in [6, 6.07) is 5.14. The van der Waals surface area contributed by atoms with Crippen LogP contribution in [0.4, 0.5) is 0 Å². The minimum absolute atomic E-state index is 0.611. The SMILES string of the molecule is c1csc(C(NCCN2CCCCCC2)C2CCCC2)c1. The maximum Gasteiger partial charge on any atom is 0.0443 e. The van der Waals surface area contributed by atoms with Crippen LogP contribution in [0.5, 0.6) is 0 Å². The van der Waals surface area contributed by atoms with Crippen molar-refractivity contribution in [1.82, 2.24) is 10.2 Å². The van der Waals surface area contributed by atoms with Crippen LogP contribution in [0.1, 0.15) is 62.3 Å². The molecule has 118 valence electrons. The second kappa shape index (κ2) is 8.30. The van der Waals surface area contributed by atoms with Crippen LogP contribution in [0.3, 0.4) is 0 Å². The van der Waals surface area contributed by atoms with Gasteiger partial charge in [0.2, 0.25) is 0 Å². The fourth-order valence-corrected chi connectivity index (χ4v) is 4.89. The Bertz CT molecular complexity index is 376. The average molecular weight is 307 g/mol. The summed E-state index contributed by atoms with van der Waals surface area (Å²) in [6.07, 6.45) is 11.4. The molecule has 3 heteroatoms. The summed E-state index contributed by atoms with van der Waals surface area (Å²) >= 11 is 1.93. The Balaban J connectivity index is 1.50.